The second-order valence-corrected chi connectivity index (χ2v) is 10.4. The van der Waals surface area contributed by atoms with E-state index in [1.165, 1.54) is 6.07 Å². The fraction of sp³-hybridized carbons (Fsp3) is 0.231. The van der Waals surface area contributed by atoms with E-state index in [-0.39, 0.29) is 17.3 Å². The minimum Gasteiger partial charge on any atom is -0.493 e. The Morgan fingerprint density at radius 2 is 1.81 bits per heavy atom. The molecule has 0 atom stereocenters. The number of nitrogens with one attached hydrogen (secondary N) is 1. The summed E-state index contributed by atoms with van der Waals surface area (Å²) < 4.78 is 31.0. The molecule has 0 aliphatic heterocycles. The first-order chi connectivity index (χ1) is 17.6. The van der Waals surface area contributed by atoms with Gasteiger partial charge in [-0.05, 0) is 44.0 Å². The second-order valence-electron chi connectivity index (χ2n) is 8.73. The molecule has 4 rings (SSSR count). The summed E-state index contributed by atoms with van der Waals surface area (Å²) in [6.45, 7) is 6.27. The molecule has 11 heteroatoms. The monoisotopic (exact) mass is 521 g/mol. The molecule has 3 aromatic carbocycles. The van der Waals surface area contributed by atoms with E-state index in [1.807, 2.05) is 32.0 Å². The zero-order valence-electron chi connectivity index (χ0n) is 20.7. The van der Waals surface area contributed by atoms with Crippen molar-refractivity contribution in [3.8, 4) is 5.88 Å². The minimum atomic E-state index is -4.28. The number of benzene rings is 3. The second kappa shape index (κ2) is 10.4. The Morgan fingerprint density at radius 3 is 2.51 bits per heavy atom. The number of hydrogen-bond acceptors (Lipinski definition) is 7. The number of rotatable bonds is 9. The molecule has 0 radical (unpaired) electrons. The summed E-state index contributed by atoms with van der Waals surface area (Å²) in [5.74, 6) is -0.0851. The summed E-state index contributed by atoms with van der Waals surface area (Å²) in [5, 5.41) is 31.3. The highest BCUT2D eigenvalue weighted by atomic mass is 32.2. The summed E-state index contributed by atoms with van der Waals surface area (Å²) in [5.41, 5.74) is 2.46. The standard InChI is InChI=1S/C26H27N5O5S/c1-4-5-14-30-23-9-7-6-8-20(23)25(26(30)32)28-27-22-13-11-19(31(33)34)16-24(22)37(35,36)29-21-12-10-17(2)15-18(21)3/h6-13,15-16,29,32H,4-5,14H2,1-3H3. The molecule has 0 aliphatic carbocycles. The van der Waals surface area contributed by atoms with Crippen LogP contribution >= 0.6 is 0 Å². The number of azo groups is 1. The first-order valence-corrected chi connectivity index (χ1v) is 13.2. The Balaban J connectivity index is 1.81. The summed E-state index contributed by atoms with van der Waals surface area (Å²) >= 11 is 0. The van der Waals surface area contributed by atoms with Crippen molar-refractivity contribution >= 4 is 43.7 Å². The first kappa shape index (κ1) is 25.8. The number of aromatic hydroxyl groups is 1. The van der Waals surface area contributed by atoms with Gasteiger partial charge in [-0.3, -0.25) is 14.8 Å². The number of fused-ring (bicyclic) bond motifs is 1. The van der Waals surface area contributed by atoms with E-state index in [1.54, 1.807) is 35.8 Å². The van der Waals surface area contributed by atoms with Crippen LogP contribution in [0.4, 0.5) is 22.7 Å². The van der Waals surface area contributed by atoms with Gasteiger partial charge < -0.3 is 9.67 Å². The lowest BCUT2D eigenvalue weighted by Crippen LogP contribution is -2.14. The van der Waals surface area contributed by atoms with E-state index in [9.17, 15) is 23.6 Å². The van der Waals surface area contributed by atoms with Crippen molar-refractivity contribution in [3.63, 3.8) is 0 Å². The highest BCUT2D eigenvalue weighted by molar-refractivity contribution is 7.92. The van der Waals surface area contributed by atoms with E-state index in [4.69, 9.17) is 0 Å². The fourth-order valence-electron chi connectivity index (χ4n) is 4.06. The smallest absolute Gasteiger partial charge is 0.270 e. The van der Waals surface area contributed by atoms with E-state index < -0.39 is 25.5 Å². The zero-order valence-corrected chi connectivity index (χ0v) is 21.5. The third-order valence-electron chi connectivity index (χ3n) is 5.98. The minimum absolute atomic E-state index is 0.0851. The SMILES string of the molecule is CCCCn1c(O)c(N=Nc2ccc([N+](=O)[O-])cc2S(=O)(=O)Nc2ccc(C)cc2C)c2ccccc21. The Morgan fingerprint density at radius 1 is 1.05 bits per heavy atom. The molecule has 10 nitrogen and oxygen atoms in total. The van der Waals surface area contributed by atoms with Crippen molar-refractivity contribution in [1.82, 2.24) is 4.57 Å². The van der Waals surface area contributed by atoms with E-state index >= 15 is 0 Å². The van der Waals surface area contributed by atoms with Crippen LogP contribution in [0.15, 0.2) is 75.8 Å². The maximum Gasteiger partial charge on any atom is 0.270 e. The molecule has 0 amide bonds. The number of unbranched alkanes of at least 4 members (excludes halogenated alkanes) is 1. The largest absolute Gasteiger partial charge is 0.493 e. The maximum atomic E-state index is 13.4. The summed E-state index contributed by atoms with van der Waals surface area (Å²) in [6.07, 6.45) is 1.78. The molecule has 1 aromatic heterocycles. The third-order valence-corrected chi connectivity index (χ3v) is 7.38. The summed E-state index contributed by atoms with van der Waals surface area (Å²) in [7, 11) is -4.28. The number of anilines is 1. The predicted molar refractivity (Wildman–Crippen MR) is 143 cm³/mol. The van der Waals surface area contributed by atoms with Crippen LogP contribution in [-0.4, -0.2) is 23.0 Å². The number of para-hydroxylation sites is 1. The molecule has 0 spiro atoms. The number of nitrogens with zero attached hydrogens (tertiary/aromatic N) is 4. The summed E-state index contributed by atoms with van der Waals surface area (Å²) in [4.78, 5) is 10.3. The Kier molecular flexibility index (Phi) is 7.25. The van der Waals surface area contributed by atoms with E-state index in [2.05, 4.69) is 15.0 Å². The quantitative estimate of drug-likeness (QED) is 0.140. The number of aromatic nitrogens is 1. The number of nitro groups is 1. The molecular formula is C26H27N5O5S. The Labute approximate surface area is 214 Å². The van der Waals surface area contributed by atoms with Gasteiger partial charge in [-0.2, -0.15) is 0 Å². The van der Waals surface area contributed by atoms with Crippen LogP contribution < -0.4 is 4.72 Å². The number of hydrogen-bond donors (Lipinski definition) is 2. The predicted octanol–water partition coefficient (Wildman–Crippen LogP) is 6.89. The van der Waals surface area contributed by atoms with Gasteiger partial charge in [-0.25, -0.2) is 8.42 Å². The van der Waals surface area contributed by atoms with Crippen LogP contribution in [0.3, 0.4) is 0 Å². The van der Waals surface area contributed by atoms with Crippen molar-refractivity contribution in [3.05, 3.63) is 81.9 Å². The van der Waals surface area contributed by atoms with Crippen LogP contribution in [0.2, 0.25) is 0 Å². The molecule has 0 aliphatic rings. The van der Waals surface area contributed by atoms with Crippen molar-refractivity contribution in [1.29, 1.82) is 0 Å². The number of nitro benzene ring substituents is 1. The molecule has 0 saturated heterocycles. The molecule has 0 bridgehead atoms. The lowest BCUT2D eigenvalue weighted by molar-refractivity contribution is -0.385. The lowest BCUT2D eigenvalue weighted by Gasteiger charge is -2.12. The first-order valence-electron chi connectivity index (χ1n) is 11.7. The lowest BCUT2D eigenvalue weighted by atomic mass is 10.1. The summed E-state index contributed by atoms with van der Waals surface area (Å²) in [6, 6.07) is 15.9. The van der Waals surface area contributed by atoms with Crippen LogP contribution in [-0.2, 0) is 16.6 Å². The molecule has 0 fully saturated rings. The van der Waals surface area contributed by atoms with Gasteiger partial charge in [0.2, 0.25) is 5.88 Å². The molecule has 4 aromatic rings. The van der Waals surface area contributed by atoms with Gasteiger partial charge in [0.25, 0.3) is 15.7 Å². The van der Waals surface area contributed by atoms with E-state index in [0.717, 1.165) is 36.1 Å². The van der Waals surface area contributed by atoms with Crippen LogP contribution in [0.5, 0.6) is 5.88 Å². The van der Waals surface area contributed by atoms with Crippen molar-refractivity contribution in [2.24, 2.45) is 10.2 Å². The molecule has 37 heavy (non-hydrogen) atoms. The van der Waals surface area contributed by atoms with Crippen molar-refractivity contribution in [2.45, 2.75) is 45.1 Å². The van der Waals surface area contributed by atoms with Gasteiger partial charge >= 0.3 is 0 Å². The average molecular weight is 522 g/mol. The maximum absolute atomic E-state index is 13.4. The highest BCUT2D eigenvalue weighted by Crippen LogP contribution is 2.40. The van der Waals surface area contributed by atoms with Crippen molar-refractivity contribution in [2.75, 3.05) is 4.72 Å². The van der Waals surface area contributed by atoms with Gasteiger partial charge in [-0.1, -0.05) is 49.2 Å². The van der Waals surface area contributed by atoms with Gasteiger partial charge in [0.05, 0.1) is 16.1 Å². The number of non-ortho nitro benzene ring substituents is 1. The zero-order chi connectivity index (χ0) is 26.7. The van der Waals surface area contributed by atoms with Crippen LogP contribution in [0.1, 0.15) is 30.9 Å². The van der Waals surface area contributed by atoms with Crippen LogP contribution in [0.25, 0.3) is 10.9 Å². The average Bonchev–Trinajstić information content (AvgIpc) is 3.13. The molecular weight excluding hydrogens is 494 g/mol. The molecule has 0 saturated carbocycles. The normalized spacial score (nSPS) is 11.9. The van der Waals surface area contributed by atoms with Gasteiger partial charge in [0.1, 0.15) is 10.6 Å². The fourth-order valence-corrected chi connectivity index (χ4v) is 5.35. The molecule has 192 valence electrons. The Bertz CT molecular complexity index is 1630. The topological polar surface area (TPSA) is 139 Å². The van der Waals surface area contributed by atoms with Gasteiger partial charge in [0, 0.05) is 24.1 Å². The molecule has 1 heterocycles. The van der Waals surface area contributed by atoms with E-state index in [0.29, 0.717) is 23.2 Å². The Hall–Kier alpha value is -4.25. The molecule has 0 unspecified atom stereocenters. The van der Waals surface area contributed by atoms with Gasteiger partial charge in [-0.15, -0.1) is 10.2 Å². The number of aryl methyl sites for hydroxylation is 3. The molecule has 2 N–H and O–H groups in total. The van der Waals surface area contributed by atoms with Crippen LogP contribution in [0, 0.1) is 24.0 Å². The van der Waals surface area contributed by atoms with Crippen molar-refractivity contribution < 1.29 is 18.4 Å². The number of sulfonamides is 1. The third kappa shape index (κ3) is 5.31. The van der Waals surface area contributed by atoms with Gasteiger partial charge in [0.15, 0.2) is 5.69 Å². The highest BCUT2D eigenvalue weighted by Gasteiger charge is 2.24.